The Labute approximate surface area is 169 Å². The number of benzene rings is 1. The highest BCUT2D eigenvalue weighted by Crippen LogP contribution is 2.31. The van der Waals surface area contributed by atoms with E-state index in [1.165, 1.54) is 18.2 Å². The summed E-state index contributed by atoms with van der Waals surface area (Å²) in [5.74, 6) is 2.17. The number of methoxy groups -OCH3 is 1. The van der Waals surface area contributed by atoms with E-state index in [0.29, 0.717) is 27.7 Å². The largest absolute Gasteiger partial charge is 0.496 e. The van der Waals surface area contributed by atoms with Crippen molar-refractivity contribution in [2.45, 2.75) is 51.2 Å². The van der Waals surface area contributed by atoms with Gasteiger partial charge in [-0.05, 0) is 37.5 Å². The lowest BCUT2D eigenvalue weighted by molar-refractivity contribution is -0.119. The smallest absolute Gasteiger partial charge is 0.230 e. The van der Waals surface area contributed by atoms with Crippen LogP contribution in [0.5, 0.6) is 5.75 Å². The molecule has 2 N–H and O–H groups in total. The van der Waals surface area contributed by atoms with E-state index in [-0.39, 0.29) is 17.7 Å². The van der Waals surface area contributed by atoms with Crippen LogP contribution in [0.3, 0.4) is 0 Å². The van der Waals surface area contributed by atoms with Crippen LogP contribution in [0.1, 0.15) is 40.0 Å². The summed E-state index contributed by atoms with van der Waals surface area (Å²) in [6.07, 6.45) is 3.30. The number of hydrogen-bond acceptors (Lipinski definition) is 5. The molecule has 2 aromatic rings. The first-order chi connectivity index (χ1) is 12.9. The molecule has 0 fully saturated rings. The SMILES string of the molecule is COc1ccc(Cl)cc1-c1nc(SCC(=O)N[C@H](C)CCCC(C)C)n[nH]1. The number of aromatic nitrogens is 3. The molecule has 0 aliphatic carbocycles. The highest BCUT2D eigenvalue weighted by Gasteiger charge is 2.14. The summed E-state index contributed by atoms with van der Waals surface area (Å²) in [4.78, 5) is 16.5. The Hall–Kier alpha value is -1.73. The third-order valence-corrected chi connectivity index (χ3v) is 5.12. The minimum Gasteiger partial charge on any atom is -0.496 e. The first-order valence-corrected chi connectivity index (χ1v) is 10.4. The van der Waals surface area contributed by atoms with E-state index < -0.39 is 0 Å². The fourth-order valence-electron chi connectivity index (χ4n) is 2.65. The van der Waals surface area contributed by atoms with Crippen LogP contribution in [0, 0.1) is 5.92 Å². The number of H-pyrrole nitrogens is 1. The van der Waals surface area contributed by atoms with Gasteiger partial charge in [0.15, 0.2) is 5.82 Å². The zero-order valence-corrected chi connectivity index (χ0v) is 17.8. The summed E-state index contributed by atoms with van der Waals surface area (Å²) in [7, 11) is 1.59. The molecule has 2 rings (SSSR count). The standard InChI is InChI=1S/C19H27ClN4O2S/c1-12(2)6-5-7-13(3)21-17(25)11-27-19-22-18(23-24-19)15-10-14(20)8-9-16(15)26-4/h8-10,12-13H,5-7,11H2,1-4H3,(H,21,25)(H,22,23,24)/t13-/m1/s1. The predicted octanol–water partition coefficient (Wildman–Crippen LogP) is 4.56. The van der Waals surface area contributed by atoms with Crippen molar-refractivity contribution < 1.29 is 9.53 Å². The molecule has 0 aliphatic heterocycles. The molecule has 148 valence electrons. The number of halogens is 1. The predicted molar refractivity (Wildman–Crippen MR) is 110 cm³/mol. The van der Waals surface area contributed by atoms with Crippen LogP contribution in [0.2, 0.25) is 5.02 Å². The van der Waals surface area contributed by atoms with Crippen LogP contribution < -0.4 is 10.1 Å². The summed E-state index contributed by atoms with van der Waals surface area (Å²) in [5.41, 5.74) is 0.729. The van der Waals surface area contributed by atoms with Gasteiger partial charge in [0.2, 0.25) is 11.1 Å². The highest BCUT2D eigenvalue weighted by atomic mass is 35.5. The van der Waals surface area contributed by atoms with Crippen molar-refractivity contribution >= 4 is 29.3 Å². The van der Waals surface area contributed by atoms with Crippen molar-refractivity contribution in [2.24, 2.45) is 5.92 Å². The van der Waals surface area contributed by atoms with Gasteiger partial charge in [-0.2, -0.15) is 0 Å². The summed E-state index contributed by atoms with van der Waals surface area (Å²) in [6, 6.07) is 5.47. The van der Waals surface area contributed by atoms with Gasteiger partial charge in [0.1, 0.15) is 5.75 Å². The van der Waals surface area contributed by atoms with Crippen molar-refractivity contribution in [1.82, 2.24) is 20.5 Å². The number of amides is 1. The first kappa shape index (κ1) is 21.6. The van der Waals surface area contributed by atoms with E-state index in [4.69, 9.17) is 16.3 Å². The molecule has 1 aromatic heterocycles. The topological polar surface area (TPSA) is 79.9 Å². The molecule has 1 atom stereocenters. The average Bonchev–Trinajstić information content (AvgIpc) is 3.08. The average molecular weight is 411 g/mol. The number of aromatic amines is 1. The fourth-order valence-corrected chi connectivity index (χ4v) is 3.43. The second kappa shape index (κ2) is 10.6. The normalized spacial score (nSPS) is 12.2. The summed E-state index contributed by atoms with van der Waals surface area (Å²) in [6.45, 7) is 6.47. The number of carbonyl (C=O) groups is 1. The van der Waals surface area contributed by atoms with Crippen molar-refractivity contribution in [1.29, 1.82) is 0 Å². The summed E-state index contributed by atoms with van der Waals surface area (Å²) < 4.78 is 5.34. The van der Waals surface area contributed by atoms with E-state index in [9.17, 15) is 4.79 Å². The molecule has 0 unspecified atom stereocenters. The molecule has 0 saturated carbocycles. The molecule has 0 saturated heterocycles. The van der Waals surface area contributed by atoms with Gasteiger partial charge in [0, 0.05) is 11.1 Å². The number of rotatable bonds is 10. The van der Waals surface area contributed by atoms with E-state index in [2.05, 4.69) is 34.3 Å². The maximum atomic E-state index is 12.1. The summed E-state index contributed by atoms with van der Waals surface area (Å²) >= 11 is 7.35. The second-order valence-electron chi connectivity index (χ2n) is 6.89. The Morgan fingerprint density at radius 2 is 2.11 bits per heavy atom. The molecule has 0 aliphatic rings. The monoisotopic (exact) mass is 410 g/mol. The Morgan fingerprint density at radius 1 is 1.33 bits per heavy atom. The molecule has 8 heteroatoms. The molecule has 0 bridgehead atoms. The third kappa shape index (κ3) is 7.07. The Bertz CT molecular complexity index is 751. The number of hydrogen-bond donors (Lipinski definition) is 2. The lowest BCUT2D eigenvalue weighted by atomic mass is 10.0. The third-order valence-electron chi connectivity index (χ3n) is 4.04. The molecule has 0 spiro atoms. The zero-order chi connectivity index (χ0) is 19.8. The van der Waals surface area contributed by atoms with Crippen molar-refractivity contribution in [3.8, 4) is 17.1 Å². The lowest BCUT2D eigenvalue weighted by Crippen LogP contribution is -2.33. The van der Waals surface area contributed by atoms with E-state index in [0.717, 1.165) is 18.4 Å². The van der Waals surface area contributed by atoms with E-state index in [1.54, 1.807) is 25.3 Å². The van der Waals surface area contributed by atoms with Gasteiger partial charge < -0.3 is 10.1 Å². The zero-order valence-electron chi connectivity index (χ0n) is 16.2. The van der Waals surface area contributed by atoms with Crippen molar-refractivity contribution in [2.75, 3.05) is 12.9 Å². The number of ether oxygens (including phenoxy) is 1. The molecular formula is C19H27ClN4O2S. The van der Waals surface area contributed by atoms with Crippen LogP contribution in [0.15, 0.2) is 23.4 Å². The maximum Gasteiger partial charge on any atom is 0.230 e. The van der Waals surface area contributed by atoms with Crippen molar-refractivity contribution in [3.05, 3.63) is 23.2 Å². The van der Waals surface area contributed by atoms with Gasteiger partial charge in [-0.1, -0.05) is 50.1 Å². The van der Waals surface area contributed by atoms with Crippen LogP contribution in [-0.2, 0) is 4.79 Å². The number of nitrogens with zero attached hydrogens (tertiary/aromatic N) is 2. The Morgan fingerprint density at radius 3 is 2.81 bits per heavy atom. The Kier molecular flexibility index (Phi) is 8.44. The summed E-state index contributed by atoms with van der Waals surface area (Å²) in [5, 5.41) is 11.2. The molecule has 1 aromatic carbocycles. The first-order valence-electron chi connectivity index (χ1n) is 9.07. The van der Waals surface area contributed by atoms with E-state index in [1.807, 2.05) is 6.92 Å². The van der Waals surface area contributed by atoms with Gasteiger partial charge in [-0.15, -0.1) is 5.10 Å². The fraction of sp³-hybridized carbons (Fsp3) is 0.526. The Balaban J connectivity index is 1.86. The van der Waals surface area contributed by atoms with Gasteiger partial charge in [0.05, 0.1) is 18.4 Å². The van der Waals surface area contributed by atoms with Gasteiger partial charge in [-0.3, -0.25) is 9.89 Å². The van der Waals surface area contributed by atoms with Gasteiger partial charge >= 0.3 is 0 Å². The van der Waals surface area contributed by atoms with Gasteiger partial charge in [-0.25, -0.2) is 4.98 Å². The van der Waals surface area contributed by atoms with Crippen LogP contribution >= 0.6 is 23.4 Å². The molecule has 27 heavy (non-hydrogen) atoms. The second-order valence-corrected chi connectivity index (χ2v) is 8.27. The number of nitrogens with one attached hydrogen (secondary N) is 2. The van der Waals surface area contributed by atoms with E-state index >= 15 is 0 Å². The van der Waals surface area contributed by atoms with Gasteiger partial charge in [0.25, 0.3) is 0 Å². The van der Waals surface area contributed by atoms with Crippen LogP contribution in [0.25, 0.3) is 11.4 Å². The maximum absolute atomic E-state index is 12.1. The lowest BCUT2D eigenvalue weighted by Gasteiger charge is -2.14. The highest BCUT2D eigenvalue weighted by molar-refractivity contribution is 7.99. The minimum atomic E-state index is -0.0104. The van der Waals surface area contributed by atoms with Crippen LogP contribution in [0.4, 0.5) is 0 Å². The molecule has 1 heterocycles. The molecule has 1 amide bonds. The quantitative estimate of drug-likeness (QED) is 0.561. The number of thioether (sulfide) groups is 1. The minimum absolute atomic E-state index is 0.0104. The number of carbonyl (C=O) groups excluding carboxylic acids is 1. The molecule has 6 nitrogen and oxygen atoms in total. The van der Waals surface area contributed by atoms with Crippen LogP contribution in [-0.4, -0.2) is 40.0 Å². The molecular weight excluding hydrogens is 384 g/mol. The van der Waals surface area contributed by atoms with Crippen molar-refractivity contribution in [3.63, 3.8) is 0 Å². The molecule has 0 radical (unpaired) electrons.